The second kappa shape index (κ2) is 3.14. The van der Waals surface area contributed by atoms with E-state index in [0.29, 0.717) is 5.75 Å². The average molecular weight is 151 g/mol. The SMILES string of the molecule is CC(=O)Oc1ccncc1C. The van der Waals surface area contributed by atoms with E-state index in [2.05, 4.69) is 4.98 Å². The van der Waals surface area contributed by atoms with E-state index < -0.39 is 0 Å². The third kappa shape index (κ3) is 2.04. The highest BCUT2D eigenvalue weighted by molar-refractivity contribution is 5.69. The summed E-state index contributed by atoms with van der Waals surface area (Å²) >= 11 is 0. The zero-order chi connectivity index (χ0) is 8.27. The highest BCUT2D eigenvalue weighted by atomic mass is 16.5. The number of aryl methyl sites for hydroxylation is 1. The van der Waals surface area contributed by atoms with Crippen molar-refractivity contribution in [1.82, 2.24) is 4.98 Å². The summed E-state index contributed by atoms with van der Waals surface area (Å²) in [5.74, 6) is 0.270. The van der Waals surface area contributed by atoms with E-state index in [1.165, 1.54) is 6.92 Å². The first-order valence-electron chi connectivity index (χ1n) is 3.29. The lowest BCUT2D eigenvalue weighted by Gasteiger charge is -2.02. The summed E-state index contributed by atoms with van der Waals surface area (Å²) in [6, 6.07) is 1.66. The molecule has 0 aliphatic carbocycles. The second-order valence-electron chi connectivity index (χ2n) is 2.23. The van der Waals surface area contributed by atoms with Crippen molar-refractivity contribution in [2.24, 2.45) is 0 Å². The Balaban J connectivity index is 2.86. The molecule has 0 saturated heterocycles. The Morgan fingerprint density at radius 1 is 1.64 bits per heavy atom. The topological polar surface area (TPSA) is 39.2 Å². The highest BCUT2D eigenvalue weighted by Gasteiger charge is 1.99. The Morgan fingerprint density at radius 3 is 2.91 bits per heavy atom. The molecule has 1 heterocycles. The van der Waals surface area contributed by atoms with Gasteiger partial charge in [0, 0.05) is 24.9 Å². The highest BCUT2D eigenvalue weighted by Crippen LogP contribution is 2.14. The molecule has 0 aliphatic heterocycles. The first-order valence-corrected chi connectivity index (χ1v) is 3.29. The molecule has 11 heavy (non-hydrogen) atoms. The molecular weight excluding hydrogens is 142 g/mol. The molecule has 0 aliphatic rings. The number of ether oxygens (including phenoxy) is 1. The summed E-state index contributed by atoms with van der Waals surface area (Å²) in [6.45, 7) is 3.21. The van der Waals surface area contributed by atoms with E-state index in [1.807, 2.05) is 6.92 Å². The molecular formula is C8H9NO2. The van der Waals surface area contributed by atoms with E-state index in [0.717, 1.165) is 5.56 Å². The Hall–Kier alpha value is -1.38. The van der Waals surface area contributed by atoms with E-state index in [-0.39, 0.29) is 5.97 Å². The fraction of sp³-hybridized carbons (Fsp3) is 0.250. The maximum absolute atomic E-state index is 10.5. The molecule has 58 valence electrons. The first kappa shape index (κ1) is 7.72. The molecule has 0 bridgehead atoms. The summed E-state index contributed by atoms with van der Waals surface area (Å²) in [7, 11) is 0. The van der Waals surface area contributed by atoms with Crippen LogP contribution in [-0.2, 0) is 4.79 Å². The van der Waals surface area contributed by atoms with Crippen LogP contribution in [0.25, 0.3) is 0 Å². The standard InChI is InChI=1S/C8H9NO2/c1-6-5-9-4-3-8(6)11-7(2)10/h3-5H,1-2H3. The van der Waals surface area contributed by atoms with Crippen molar-refractivity contribution in [1.29, 1.82) is 0 Å². The molecule has 0 aromatic carbocycles. The van der Waals surface area contributed by atoms with Crippen molar-refractivity contribution in [3.05, 3.63) is 24.0 Å². The monoisotopic (exact) mass is 151 g/mol. The molecule has 3 nitrogen and oxygen atoms in total. The lowest BCUT2D eigenvalue weighted by molar-refractivity contribution is -0.131. The van der Waals surface area contributed by atoms with Crippen LogP contribution in [0.5, 0.6) is 5.75 Å². The van der Waals surface area contributed by atoms with Crippen molar-refractivity contribution in [2.45, 2.75) is 13.8 Å². The summed E-state index contributed by atoms with van der Waals surface area (Å²) in [6.07, 6.45) is 3.24. The minimum Gasteiger partial charge on any atom is -0.426 e. The number of pyridine rings is 1. The molecule has 0 radical (unpaired) electrons. The van der Waals surface area contributed by atoms with Crippen LogP contribution >= 0.6 is 0 Å². The van der Waals surface area contributed by atoms with Crippen LogP contribution in [0, 0.1) is 6.92 Å². The van der Waals surface area contributed by atoms with Crippen LogP contribution in [0.2, 0.25) is 0 Å². The summed E-state index contributed by atoms with van der Waals surface area (Å²) < 4.78 is 4.87. The third-order valence-electron chi connectivity index (χ3n) is 1.22. The Morgan fingerprint density at radius 2 is 2.36 bits per heavy atom. The van der Waals surface area contributed by atoms with Gasteiger partial charge in [-0.05, 0) is 13.0 Å². The molecule has 0 unspecified atom stereocenters. The van der Waals surface area contributed by atoms with Crippen LogP contribution in [0.3, 0.4) is 0 Å². The molecule has 0 spiro atoms. The zero-order valence-corrected chi connectivity index (χ0v) is 6.50. The molecule has 1 aromatic heterocycles. The van der Waals surface area contributed by atoms with Crippen molar-refractivity contribution in [2.75, 3.05) is 0 Å². The van der Waals surface area contributed by atoms with E-state index in [1.54, 1.807) is 18.5 Å². The number of carbonyl (C=O) groups excluding carboxylic acids is 1. The summed E-state index contributed by atoms with van der Waals surface area (Å²) in [5.41, 5.74) is 0.864. The van der Waals surface area contributed by atoms with E-state index >= 15 is 0 Å². The number of carbonyl (C=O) groups is 1. The molecule has 0 atom stereocenters. The Labute approximate surface area is 65.0 Å². The van der Waals surface area contributed by atoms with Crippen LogP contribution in [-0.4, -0.2) is 11.0 Å². The number of hydrogen-bond acceptors (Lipinski definition) is 3. The molecule has 0 amide bonds. The van der Waals surface area contributed by atoms with Crippen molar-refractivity contribution in [3.63, 3.8) is 0 Å². The largest absolute Gasteiger partial charge is 0.426 e. The number of nitrogens with zero attached hydrogens (tertiary/aromatic N) is 1. The van der Waals surface area contributed by atoms with Gasteiger partial charge in [-0.3, -0.25) is 9.78 Å². The van der Waals surface area contributed by atoms with Gasteiger partial charge in [0.05, 0.1) is 0 Å². The molecule has 3 heteroatoms. The molecule has 0 fully saturated rings. The molecule has 1 rings (SSSR count). The lowest BCUT2D eigenvalue weighted by Crippen LogP contribution is -2.02. The summed E-state index contributed by atoms with van der Waals surface area (Å²) in [4.78, 5) is 14.4. The molecule has 0 N–H and O–H groups in total. The number of rotatable bonds is 1. The van der Waals surface area contributed by atoms with Gasteiger partial charge in [0.25, 0.3) is 0 Å². The average Bonchev–Trinajstić information content (AvgIpc) is 1.93. The Kier molecular flexibility index (Phi) is 2.21. The number of aromatic nitrogens is 1. The predicted octanol–water partition coefficient (Wildman–Crippen LogP) is 1.32. The second-order valence-corrected chi connectivity index (χ2v) is 2.23. The van der Waals surface area contributed by atoms with Crippen molar-refractivity contribution < 1.29 is 9.53 Å². The maximum Gasteiger partial charge on any atom is 0.308 e. The quantitative estimate of drug-likeness (QED) is 0.568. The van der Waals surface area contributed by atoms with Crippen LogP contribution < -0.4 is 4.74 Å². The van der Waals surface area contributed by atoms with Gasteiger partial charge in [-0.25, -0.2) is 0 Å². The number of hydrogen-bond donors (Lipinski definition) is 0. The number of esters is 1. The molecule has 0 saturated carbocycles. The van der Waals surface area contributed by atoms with Crippen molar-refractivity contribution in [3.8, 4) is 5.75 Å². The van der Waals surface area contributed by atoms with Gasteiger partial charge in [0.2, 0.25) is 0 Å². The van der Waals surface area contributed by atoms with Gasteiger partial charge in [0.15, 0.2) is 0 Å². The van der Waals surface area contributed by atoms with Gasteiger partial charge in [-0.2, -0.15) is 0 Å². The van der Waals surface area contributed by atoms with Crippen LogP contribution in [0.1, 0.15) is 12.5 Å². The maximum atomic E-state index is 10.5. The molecule has 1 aromatic rings. The zero-order valence-electron chi connectivity index (χ0n) is 6.50. The van der Waals surface area contributed by atoms with E-state index in [4.69, 9.17) is 4.74 Å². The van der Waals surface area contributed by atoms with Gasteiger partial charge < -0.3 is 4.74 Å². The third-order valence-corrected chi connectivity index (χ3v) is 1.22. The minimum atomic E-state index is -0.306. The van der Waals surface area contributed by atoms with Gasteiger partial charge in [-0.15, -0.1) is 0 Å². The Bertz CT molecular complexity index is 271. The summed E-state index contributed by atoms with van der Waals surface area (Å²) in [5, 5.41) is 0. The van der Waals surface area contributed by atoms with Gasteiger partial charge in [0.1, 0.15) is 5.75 Å². The minimum absolute atomic E-state index is 0.306. The van der Waals surface area contributed by atoms with E-state index in [9.17, 15) is 4.79 Å². The van der Waals surface area contributed by atoms with Crippen LogP contribution in [0.15, 0.2) is 18.5 Å². The van der Waals surface area contributed by atoms with Gasteiger partial charge in [-0.1, -0.05) is 0 Å². The van der Waals surface area contributed by atoms with Gasteiger partial charge >= 0.3 is 5.97 Å². The van der Waals surface area contributed by atoms with Crippen molar-refractivity contribution >= 4 is 5.97 Å². The fourth-order valence-electron chi connectivity index (χ4n) is 0.730. The first-order chi connectivity index (χ1) is 5.20. The lowest BCUT2D eigenvalue weighted by atomic mass is 10.3. The smallest absolute Gasteiger partial charge is 0.308 e. The van der Waals surface area contributed by atoms with Crippen LogP contribution in [0.4, 0.5) is 0 Å². The predicted molar refractivity (Wildman–Crippen MR) is 40.3 cm³/mol. The fourth-order valence-corrected chi connectivity index (χ4v) is 0.730. The normalized spacial score (nSPS) is 9.27.